The van der Waals surface area contributed by atoms with Gasteiger partial charge in [-0.05, 0) is 48.9 Å². The van der Waals surface area contributed by atoms with Crippen LogP contribution < -0.4 is 10.6 Å². The lowest BCUT2D eigenvalue weighted by atomic mass is 10.2. The van der Waals surface area contributed by atoms with Crippen molar-refractivity contribution in [2.24, 2.45) is 0 Å². The summed E-state index contributed by atoms with van der Waals surface area (Å²) in [6, 6.07) is 11.5. The van der Waals surface area contributed by atoms with E-state index in [1.54, 1.807) is 49.4 Å². The first-order valence-electron chi connectivity index (χ1n) is 6.10. The number of hydrogen-bond acceptors (Lipinski definition) is 2. The Kier molecular flexibility index (Phi) is 4.83. The Morgan fingerprint density at radius 1 is 0.905 bits per heavy atom. The van der Waals surface area contributed by atoms with Crippen LogP contribution in [0.5, 0.6) is 0 Å². The smallest absolute Gasteiger partial charge is 0.314 e. The molecular formula is C15H12Cl2N2O2. The van der Waals surface area contributed by atoms with Crippen LogP contribution in [0.1, 0.15) is 5.56 Å². The third-order valence-electron chi connectivity index (χ3n) is 2.82. The molecule has 2 aromatic rings. The third-order valence-corrected chi connectivity index (χ3v) is 3.49. The maximum atomic E-state index is 11.9. The van der Waals surface area contributed by atoms with Crippen molar-refractivity contribution >= 4 is 46.4 Å². The Hall–Kier alpha value is -2.04. The van der Waals surface area contributed by atoms with Crippen molar-refractivity contribution in [2.75, 3.05) is 10.6 Å². The molecule has 0 atom stereocenters. The van der Waals surface area contributed by atoms with E-state index in [9.17, 15) is 9.59 Å². The van der Waals surface area contributed by atoms with Crippen LogP contribution in [0.15, 0.2) is 42.5 Å². The molecule has 0 aliphatic heterocycles. The quantitative estimate of drug-likeness (QED) is 0.824. The lowest BCUT2D eigenvalue weighted by Crippen LogP contribution is -2.29. The summed E-state index contributed by atoms with van der Waals surface area (Å²) in [4.78, 5) is 23.7. The van der Waals surface area contributed by atoms with E-state index >= 15 is 0 Å². The molecule has 0 fully saturated rings. The van der Waals surface area contributed by atoms with Gasteiger partial charge in [0.15, 0.2) is 0 Å². The van der Waals surface area contributed by atoms with Crippen molar-refractivity contribution < 1.29 is 9.59 Å². The first-order valence-corrected chi connectivity index (χ1v) is 6.86. The van der Waals surface area contributed by atoms with Gasteiger partial charge in [0, 0.05) is 21.4 Å². The minimum absolute atomic E-state index is 0.488. The van der Waals surface area contributed by atoms with Crippen LogP contribution in [0.4, 0.5) is 11.4 Å². The second-order valence-electron chi connectivity index (χ2n) is 4.33. The largest absolute Gasteiger partial charge is 0.318 e. The Bertz CT molecular complexity index is 685. The van der Waals surface area contributed by atoms with Crippen LogP contribution in [-0.2, 0) is 9.59 Å². The van der Waals surface area contributed by atoms with E-state index in [0.717, 1.165) is 0 Å². The lowest BCUT2D eigenvalue weighted by Gasteiger charge is -2.09. The molecule has 0 aromatic heterocycles. The maximum Gasteiger partial charge on any atom is 0.314 e. The Labute approximate surface area is 132 Å². The molecule has 0 heterocycles. The summed E-state index contributed by atoms with van der Waals surface area (Å²) < 4.78 is 0. The molecule has 4 nitrogen and oxygen atoms in total. The monoisotopic (exact) mass is 322 g/mol. The van der Waals surface area contributed by atoms with Crippen molar-refractivity contribution in [3.8, 4) is 0 Å². The fourth-order valence-corrected chi connectivity index (χ4v) is 1.94. The van der Waals surface area contributed by atoms with E-state index in [0.29, 0.717) is 27.0 Å². The minimum Gasteiger partial charge on any atom is -0.318 e. The molecule has 0 radical (unpaired) electrons. The molecule has 2 rings (SSSR count). The predicted molar refractivity (Wildman–Crippen MR) is 84.9 cm³/mol. The fourth-order valence-electron chi connectivity index (χ4n) is 1.64. The fraction of sp³-hybridized carbons (Fsp3) is 0.0667. The van der Waals surface area contributed by atoms with Gasteiger partial charge in [-0.25, -0.2) is 0 Å². The molecule has 108 valence electrons. The molecule has 2 N–H and O–H groups in total. The van der Waals surface area contributed by atoms with Crippen LogP contribution >= 0.6 is 23.2 Å². The SMILES string of the molecule is Cc1c(Cl)cccc1NC(=O)C(=O)Nc1ccc(Cl)cc1. The van der Waals surface area contributed by atoms with Crippen LogP contribution in [0, 0.1) is 6.92 Å². The molecule has 0 spiro atoms. The van der Waals surface area contributed by atoms with Gasteiger partial charge >= 0.3 is 11.8 Å². The van der Waals surface area contributed by atoms with Gasteiger partial charge in [0.05, 0.1) is 0 Å². The van der Waals surface area contributed by atoms with Crippen LogP contribution in [0.25, 0.3) is 0 Å². The van der Waals surface area contributed by atoms with Gasteiger partial charge < -0.3 is 10.6 Å². The highest BCUT2D eigenvalue weighted by atomic mass is 35.5. The van der Waals surface area contributed by atoms with Crippen molar-refractivity contribution in [3.05, 3.63) is 58.1 Å². The van der Waals surface area contributed by atoms with E-state index in [-0.39, 0.29) is 0 Å². The standard InChI is InChI=1S/C15H12Cl2N2O2/c1-9-12(17)3-2-4-13(9)19-15(21)14(20)18-11-7-5-10(16)6-8-11/h2-8H,1H3,(H,18,20)(H,19,21). The van der Waals surface area contributed by atoms with Gasteiger partial charge in [0.2, 0.25) is 0 Å². The maximum absolute atomic E-state index is 11.9. The first kappa shape index (κ1) is 15.4. The number of halogens is 2. The molecule has 21 heavy (non-hydrogen) atoms. The van der Waals surface area contributed by atoms with Crippen LogP contribution in [0.2, 0.25) is 10.0 Å². The highest BCUT2D eigenvalue weighted by Gasteiger charge is 2.15. The Balaban J connectivity index is 2.04. The molecule has 0 saturated carbocycles. The average molecular weight is 323 g/mol. The van der Waals surface area contributed by atoms with Crippen molar-refractivity contribution in [1.29, 1.82) is 0 Å². The van der Waals surface area contributed by atoms with E-state index < -0.39 is 11.8 Å². The molecular weight excluding hydrogens is 311 g/mol. The number of benzene rings is 2. The zero-order valence-electron chi connectivity index (χ0n) is 11.1. The third kappa shape index (κ3) is 3.97. The summed E-state index contributed by atoms with van der Waals surface area (Å²) in [6.45, 7) is 1.76. The van der Waals surface area contributed by atoms with E-state index in [2.05, 4.69) is 10.6 Å². The number of anilines is 2. The van der Waals surface area contributed by atoms with Gasteiger partial charge in [-0.3, -0.25) is 9.59 Å². The number of rotatable bonds is 2. The summed E-state index contributed by atoms with van der Waals surface area (Å²) in [5.74, 6) is -1.54. The zero-order chi connectivity index (χ0) is 15.4. The summed E-state index contributed by atoms with van der Waals surface area (Å²) in [6.07, 6.45) is 0. The molecule has 0 saturated heterocycles. The number of hydrogen-bond donors (Lipinski definition) is 2. The second kappa shape index (κ2) is 6.61. The van der Waals surface area contributed by atoms with Gasteiger partial charge in [0.1, 0.15) is 0 Å². The molecule has 0 bridgehead atoms. The number of carbonyl (C=O) groups is 2. The highest BCUT2D eigenvalue weighted by molar-refractivity contribution is 6.44. The van der Waals surface area contributed by atoms with Crippen LogP contribution in [0.3, 0.4) is 0 Å². The van der Waals surface area contributed by atoms with E-state index in [4.69, 9.17) is 23.2 Å². The van der Waals surface area contributed by atoms with E-state index in [1.807, 2.05) is 0 Å². The zero-order valence-corrected chi connectivity index (χ0v) is 12.6. The average Bonchev–Trinajstić information content (AvgIpc) is 2.46. The van der Waals surface area contributed by atoms with Gasteiger partial charge in [-0.2, -0.15) is 0 Å². The molecule has 0 unspecified atom stereocenters. The van der Waals surface area contributed by atoms with Gasteiger partial charge in [-0.1, -0.05) is 29.3 Å². The molecule has 0 aliphatic carbocycles. The van der Waals surface area contributed by atoms with E-state index in [1.165, 1.54) is 0 Å². The highest BCUT2D eigenvalue weighted by Crippen LogP contribution is 2.22. The van der Waals surface area contributed by atoms with Crippen LogP contribution in [-0.4, -0.2) is 11.8 Å². The number of amides is 2. The molecule has 0 aliphatic rings. The number of nitrogens with one attached hydrogen (secondary N) is 2. The summed E-state index contributed by atoms with van der Waals surface area (Å²) >= 11 is 11.7. The predicted octanol–water partition coefficient (Wildman–Crippen LogP) is 3.88. The van der Waals surface area contributed by atoms with Crippen molar-refractivity contribution in [3.63, 3.8) is 0 Å². The Morgan fingerprint density at radius 2 is 1.52 bits per heavy atom. The Morgan fingerprint density at radius 3 is 2.19 bits per heavy atom. The molecule has 6 heteroatoms. The van der Waals surface area contributed by atoms with Gasteiger partial charge in [0.25, 0.3) is 0 Å². The first-order chi connectivity index (χ1) is 9.97. The topological polar surface area (TPSA) is 58.2 Å². The summed E-state index contributed by atoms with van der Waals surface area (Å²) in [7, 11) is 0. The van der Waals surface area contributed by atoms with Gasteiger partial charge in [-0.15, -0.1) is 0 Å². The molecule has 2 aromatic carbocycles. The van der Waals surface area contributed by atoms with Crippen molar-refractivity contribution in [2.45, 2.75) is 6.92 Å². The summed E-state index contributed by atoms with van der Waals surface area (Å²) in [5.41, 5.74) is 1.69. The summed E-state index contributed by atoms with van der Waals surface area (Å²) in [5, 5.41) is 6.07. The second-order valence-corrected chi connectivity index (χ2v) is 5.17. The molecule has 2 amide bonds. The normalized spacial score (nSPS) is 10.0. The minimum atomic E-state index is -0.768. The number of carbonyl (C=O) groups excluding carboxylic acids is 2. The van der Waals surface area contributed by atoms with Crippen molar-refractivity contribution in [1.82, 2.24) is 0 Å². The lowest BCUT2D eigenvalue weighted by molar-refractivity contribution is -0.133.